The number of nitrogens with one attached hydrogen (secondary N) is 1. The first kappa shape index (κ1) is 58.6. The quantitative estimate of drug-likeness (QED) is 0.0363. The Morgan fingerprint density at radius 3 is 1.07 bits per heavy atom. The van der Waals surface area contributed by atoms with Crippen LogP contribution in [-0.4, -0.2) is 46.1 Å². The molecule has 0 radical (unpaired) electrons. The Morgan fingerprint density at radius 1 is 0.417 bits per heavy atom. The van der Waals surface area contributed by atoms with Crippen molar-refractivity contribution in [3.63, 3.8) is 0 Å². The largest absolute Gasteiger partial charge is 0.394 e. The van der Waals surface area contributed by atoms with Crippen molar-refractivity contribution in [2.45, 2.75) is 302 Å². The summed E-state index contributed by atoms with van der Waals surface area (Å²) < 4.78 is 0. The lowest BCUT2D eigenvalue weighted by Gasteiger charge is -2.26. The molecule has 5 heteroatoms. The molecule has 0 fully saturated rings. The van der Waals surface area contributed by atoms with E-state index in [0.717, 1.165) is 44.9 Å². The Labute approximate surface area is 374 Å². The molecule has 0 bridgehead atoms. The van der Waals surface area contributed by atoms with Crippen LogP contribution in [0.4, 0.5) is 0 Å². The number of hydrogen-bond donors (Lipinski definition) is 4. The number of aliphatic hydroxyl groups excluding tert-OH is 3. The molecule has 0 aromatic carbocycles. The highest BCUT2D eigenvalue weighted by molar-refractivity contribution is 5.76. The van der Waals surface area contributed by atoms with E-state index in [9.17, 15) is 20.1 Å². The van der Waals surface area contributed by atoms with Gasteiger partial charge in [0, 0.05) is 6.42 Å². The van der Waals surface area contributed by atoms with Crippen LogP contribution in [0.2, 0.25) is 0 Å². The maximum Gasteiger partial charge on any atom is 0.220 e. The SMILES string of the molecule is CCCCCCCCCCC/C=C\C/C=C\CCCCCCCCCCCCCCCC(=O)NC(CO)C(O)C(O)CCC/C=C/CCCCCCCCCCCCCC. The average molecular weight is 844 g/mol. The summed E-state index contributed by atoms with van der Waals surface area (Å²) in [7, 11) is 0. The van der Waals surface area contributed by atoms with Crippen molar-refractivity contribution in [1.29, 1.82) is 0 Å². The number of allylic oxidation sites excluding steroid dienone is 6. The number of carbonyl (C=O) groups excluding carboxylic acids is 1. The summed E-state index contributed by atoms with van der Waals surface area (Å²) in [6, 6.07) is -0.826. The van der Waals surface area contributed by atoms with Crippen molar-refractivity contribution in [1.82, 2.24) is 5.32 Å². The summed E-state index contributed by atoms with van der Waals surface area (Å²) >= 11 is 0. The number of aliphatic hydroxyl groups is 3. The second kappa shape index (κ2) is 50.2. The molecular formula is C55H105NO4. The van der Waals surface area contributed by atoms with Crippen molar-refractivity contribution >= 4 is 5.91 Å². The van der Waals surface area contributed by atoms with Crippen molar-refractivity contribution in [3.05, 3.63) is 36.5 Å². The number of unbranched alkanes of at least 4 members (excludes halogenated alkanes) is 35. The highest BCUT2D eigenvalue weighted by atomic mass is 16.3. The van der Waals surface area contributed by atoms with E-state index in [-0.39, 0.29) is 12.5 Å². The van der Waals surface area contributed by atoms with E-state index in [4.69, 9.17) is 0 Å². The van der Waals surface area contributed by atoms with Gasteiger partial charge in [0.05, 0.1) is 18.8 Å². The molecule has 4 N–H and O–H groups in total. The zero-order valence-corrected chi connectivity index (χ0v) is 40.4. The fourth-order valence-corrected chi connectivity index (χ4v) is 8.31. The average Bonchev–Trinajstić information content (AvgIpc) is 3.25. The lowest BCUT2D eigenvalue weighted by molar-refractivity contribution is -0.124. The van der Waals surface area contributed by atoms with Crippen LogP contribution >= 0.6 is 0 Å². The van der Waals surface area contributed by atoms with E-state index in [0.29, 0.717) is 12.8 Å². The van der Waals surface area contributed by atoms with Gasteiger partial charge in [-0.3, -0.25) is 4.79 Å². The Morgan fingerprint density at radius 2 is 0.717 bits per heavy atom. The van der Waals surface area contributed by atoms with Gasteiger partial charge in [-0.25, -0.2) is 0 Å². The van der Waals surface area contributed by atoms with Gasteiger partial charge in [-0.1, -0.05) is 243 Å². The zero-order chi connectivity index (χ0) is 43.7. The molecule has 0 heterocycles. The fourth-order valence-electron chi connectivity index (χ4n) is 8.31. The summed E-state index contributed by atoms with van der Waals surface area (Å²) in [6.07, 6.45) is 64.3. The fraction of sp³-hybridized carbons (Fsp3) is 0.873. The van der Waals surface area contributed by atoms with Crippen molar-refractivity contribution in [2.24, 2.45) is 0 Å². The van der Waals surface area contributed by atoms with Gasteiger partial charge in [0.1, 0.15) is 6.10 Å². The van der Waals surface area contributed by atoms with E-state index in [1.165, 1.54) is 212 Å². The lowest BCUT2D eigenvalue weighted by Crippen LogP contribution is -2.50. The molecule has 0 aromatic heterocycles. The topological polar surface area (TPSA) is 89.8 Å². The second-order valence-corrected chi connectivity index (χ2v) is 18.4. The number of rotatable bonds is 49. The zero-order valence-electron chi connectivity index (χ0n) is 40.4. The van der Waals surface area contributed by atoms with Crippen LogP contribution in [0.25, 0.3) is 0 Å². The Balaban J connectivity index is 3.57. The molecule has 0 saturated heterocycles. The van der Waals surface area contributed by atoms with E-state index >= 15 is 0 Å². The molecule has 0 spiro atoms. The molecule has 0 aliphatic carbocycles. The summed E-state index contributed by atoms with van der Waals surface area (Å²) in [5.41, 5.74) is 0. The summed E-state index contributed by atoms with van der Waals surface area (Å²) in [4.78, 5) is 12.5. The molecule has 1 amide bonds. The summed E-state index contributed by atoms with van der Waals surface area (Å²) in [5.74, 6) is -0.153. The molecule has 0 saturated carbocycles. The van der Waals surface area contributed by atoms with Crippen LogP contribution in [0.15, 0.2) is 36.5 Å². The molecule has 0 rings (SSSR count). The van der Waals surface area contributed by atoms with Crippen LogP contribution in [-0.2, 0) is 4.79 Å². The molecule has 0 aliphatic heterocycles. The standard InChI is InChI=1S/C55H105NO4/c1-3-5-7-9-11-13-15-17-19-21-22-23-24-25-26-27-28-29-30-31-32-34-36-38-40-42-44-46-48-50-54(59)56-52(51-57)55(60)53(58)49-47-45-43-41-39-37-35-33-20-18-16-14-12-10-8-6-4-2/h22-23,25-26,41,43,52-53,55,57-58,60H,3-21,24,27-40,42,44-51H2,1-2H3,(H,56,59)/b23-22-,26-25-,43-41+. The Bertz CT molecular complexity index is 931. The van der Waals surface area contributed by atoms with Gasteiger partial charge in [-0.2, -0.15) is 0 Å². The maximum atomic E-state index is 12.5. The first-order valence-electron chi connectivity index (χ1n) is 26.8. The van der Waals surface area contributed by atoms with Crippen LogP contribution in [0, 0.1) is 0 Å². The molecule has 5 nitrogen and oxygen atoms in total. The van der Waals surface area contributed by atoms with E-state index in [1.807, 2.05) is 0 Å². The minimum absolute atomic E-state index is 0.153. The monoisotopic (exact) mass is 844 g/mol. The highest BCUT2D eigenvalue weighted by Crippen LogP contribution is 2.16. The lowest BCUT2D eigenvalue weighted by atomic mass is 10.0. The molecular weight excluding hydrogens is 739 g/mol. The molecule has 60 heavy (non-hydrogen) atoms. The highest BCUT2D eigenvalue weighted by Gasteiger charge is 2.26. The predicted octanol–water partition coefficient (Wildman–Crippen LogP) is 16.3. The van der Waals surface area contributed by atoms with Crippen LogP contribution in [0.1, 0.15) is 284 Å². The van der Waals surface area contributed by atoms with E-state index < -0.39 is 18.2 Å². The predicted molar refractivity (Wildman–Crippen MR) is 264 cm³/mol. The van der Waals surface area contributed by atoms with Gasteiger partial charge < -0.3 is 20.6 Å². The minimum Gasteiger partial charge on any atom is -0.394 e. The van der Waals surface area contributed by atoms with Crippen molar-refractivity contribution in [2.75, 3.05) is 6.61 Å². The van der Waals surface area contributed by atoms with Gasteiger partial charge in [0.25, 0.3) is 0 Å². The van der Waals surface area contributed by atoms with Crippen molar-refractivity contribution < 1.29 is 20.1 Å². The maximum absolute atomic E-state index is 12.5. The third-order valence-electron chi connectivity index (χ3n) is 12.5. The van der Waals surface area contributed by atoms with E-state index in [2.05, 4.69) is 55.6 Å². The first-order valence-corrected chi connectivity index (χ1v) is 26.8. The second-order valence-electron chi connectivity index (χ2n) is 18.4. The van der Waals surface area contributed by atoms with Crippen LogP contribution < -0.4 is 5.32 Å². The van der Waals surface area contributed by atoms with Gasteiger partial charge in [0.15, 0.2) is 0 Å². The first-order chi connectivity index (χ1) is 29.6. The summed E-state index contributed by atoms with van der Waals surface area (Å²) in [6.45, 7) is 4.19. The van der Waals surface area contributed by atoms with Gasteiger partial charge in [-0.05, 0) is 70.6 Å². The minimum atomic E-state index is -1.16. The van der Waals surface area contributed by atoms with Crippen LogP contribution in [0.5, 0.6) is 0 Å². The molecule has 0 aliphatic rings. The molecule has 3 unspecified atom stereocenters. The molecule has 0 aromatic rings. The number of hydrogen-bond acceptors (Lipinski definition) is 4. The summed E-state index contributed by atoms with van der Waals surface area (Å²) in [5, 5.41) is 33.7. The van der Waals surface area contributed by atoms with Gasteiger partial charge in [-0.15, -0.1) is 0 Å². The van der Waals surface area contributed by atoms with E-state index in [1.54, 1.807) is 0 Å². The van der Waals surface area contributed by atoms with Crippen LogP contribution in [0.3, 0.4) is 0 Å². The smallest absolute Gasteiger partial charge is 0.220 e. The third kappa shape index (κ3) is 44.6. The molecule has 3 atom stereocenters. The van der Waals surface area contributed by atoms with Gasteiger partial charge >= 0.3 is 0 Å². The number of amides is 1. The number of carbonyl (C=O) groups is 1. The van der Waals surface area contributed by atoms with Crippen molar-refractivity contribution in [3.8, 4) is 0 Å². The Kier molecular flexibility index (Phi) is 49.0. The normalized spacial score (nSPS) is 13.6. The Hall–Kier alpha value is -1.43. The van der Waals surface area contributed by atoms with Gasteiger partial charge in [0.2, 0.25) is 5.91 Å². The third-order valence-corrected chi connectivity index (χ3v) is 12.5. The molecule has 354 valence electrons.